The maximum absolute atomic E-state index is 12.4. The number of para-hydroxylation sites is 1. The molecule has 2 heteroatoms. The lowest BCUT2D eigenvalue weighted by Gasteiger charge is -2.13. The molecule has 2 unspecified atom stereocenters. The minimum absolute atomic E-state index is 0.118. The number of anilines is 1. The SMILES string of the molecule is CC(C)c1ccccc1NC(=O)C1CC1c1ccccc1. The monoisotopic (exact) mass is 279 g/mol. The molecule has 21 heavy (non-hydrogen) atoms. The molecule has 1 N–H and O–H groups in total. The van der Waals surface area contributed by atoms with Crippen molar-refractivity contribution in [3.05, 3.63) is 65.7 Å². The highest BCUT2D eigenvalue weighted by Crippen LogP contribution is 2.48. The number of amides is 1. The lowest BCUT2D eigenvalue weighted by Crippen LogP contribution is -2.16. The first kappa shape index (κ1) is 13.9. The van der Waals surface area contributed by atoms with E-state index in [2.05, 4.69) is 37.4 Å². The molecule has 108 valence electrons. The summed E-state index contributed by atoms with van der Waals surface area (Å²) in [6.45, 7) is 4.30. The van der Waals surface area contributed by atoms with Gasteiger partial charge < -0.3 is 5.32 Å². The third-order valence-electron chi connectivity index (χ3n) is 4.20. The van der Waals surface area contributed by atoms with Crippen molar-refractivity contribution < 1.29 is 4.79 Å². The summed E-state index contributed by atoms with van der Waals surface area (Å²) in [5.41, 5.74) is 3.42. The molecule has 1 amide bonds. The van der Waals surface area contributed by atoms with Gasteiger partial charge in [0.1, 0.15) is 0 Å². The Bertz CT molecular complexity index is 633. The fourth-order valence-corrected chi connectivity index (χ4v) is 2.89. The van der Waals surface area contributed by atoms with Gasteiger partial charge in [0.25, 0.3) is 0 Å². The number of hydrogen-bond donors (Lipinski definition) is 1. The van der Waals surface area contributed by atoms with Gasteiger partial charge in [-0.15, -0.1) is 0 Å². The van der Waals surface area contributed by atoms with E-state index in [1.54, 1.807) is 0 Å². The Labute approximate surface area is 126 Å². The number of benzene rings is 2. The standard InChI is InChI=1S/C19H21NO/c1-13(2)15-10-6-7-11-18(15)20-19(21)17-12-16(17)14-8-4-3-5-9-14/h3-11,13,16-17H,12H2,1-2H3,(H,20,21). The summed E-state index contributed by atoms with van der Waals surface area (Å²) in [5.74, 6) is 1.06. The summed E-state index contributed by atoms with van der Waals surface area (Å²) in [6, 6.07) is 18.4. The number of carbonyl (C=O) groups is 1. The van der Waals surface area contributed by atoms with Crippen molar-refractivity contribution in [2.75, 3.05) is 5.32 Å². The first-order chi connectivity index (χ1) is 10.2. The third kappa shape index (κ3) is 2.99. The van der Waals surface area contributed by atoms with Crippen LogP contribution in [0, 0.1) is 5.92 Å². The van der Waals surface area contributed by atoms with Gasteiger partial charge in [-0.05, 0) is 35.4 Å². The maximum Gasteiger partial charge on any atom is 0.228 e. The maximum atomic E-state index is 12.4. The first-order valence-corrected chi connectivity index (χ1v) is 7.61. The van der Waals surface area contributed by atoms with E-state index in [1.165, 1.54) is 11.1 Å². The average Bonchev–Trinajstić information content (AvgIpc) is 3.29. The van der Waals surface area contributed by atoms with Crippen molar-refractivity contribution in [2.24, 2.45) is 5.92 Å². The van der Waals surface area contributed by atoms with E-state index in [4.69, 9.17) is 0 Å². The number of rotatable bonds is 4. The second-order valence-corrected chi connectivity index (χ2v) is 6.09. The summed E-state index contributed by atoms with van der Waals surface area (Å²) in [6.07, 6.45) is 0.958. The third-order valence-corrected chi connectivity index (χ3v) is 4.20. The van der Waals surface area contributed by atoms with Crippen LogP contribution in [0.15, 0.2) is 54.6 Å². The minimum atomic E-state index is 0.118. The largest absolute Gasteiger partial charge is 0.326 e. The van der Waals surface area contributed by atoms with Gasteiger partial charge in [0.15, 0.2) is 0 Å². The highest BCUT2D eigenvalue weighted by Gasteiger charge is 2.43. The lowest BCUT2D eigenvalue weighted by molar-refractivity contribution is -0.117. The normalized spacial score (nSPS) is 20.3. The van der Waals surface area contributed by atoms with Crippen LogP contribution in [0.3, 0.4) is 0 Å². The van der Waals surface area contributed by atoms with E-state index in [9.17, 15) is 4.79 Å². The Morgan fingerprint density at radius 3 is 2.43 bits per heavy atom. The molecule has 0 bridgehead atoms. The van der Waals surface area contributed by atoms with Gasteiger partial charge in [-0.3, -0.25) is 4.79 Å². The number of hydrogen-bond acceptors (Lipinski definition) is 1. The molecule has 0 heterocycles. The van der Waals surface area contributed by atoms with E-state index in [1.807, 2.05) is 36.4 Å². The molecule has 2 aromatic rings. The zero-order valence-electron chi connectivity index (χ0n) is 12.5. The van der Waals surface area contributed by atoms with E-state index >= 15 is 0 Å². The van der Waals surface area contributed by atoms with Crippen molar-refractivity contribution in [1.29, 1.82) is 0 Å². The molecule has 0 saturated heterocycles. The molecule has 2 atom stereocenters. The highest BCUT2D eigenvalue weighted by molar-refractivity contribution is 5.95. The Kier molecular flexibility index (Phi) is 3.78. The van der Waals surface area contributed by atoms with Gasteiger partial charge in [-0.1, -0.05) is 62.4 Å². The van der Waals surface area contributed by atoms with Crippen LogP contribution in [-0.2, 0) is 4.79 Å². The molecule has 1 aliphatic rings. The van der Waals surface area contributed by atoms with Gasteiger partial charge in [-0.25, -0.2) is 0 Å². The predicted molar refractivity (Wildman–Crippen MR) is 86.5 cm³/mol. The van der Waals surface area contributed by atoms with Crippen molar-refractivity contribution in [1.82, 2.24) is 0 Å². The topological polar surface area (TPSA) is 29.1 Å². The van der Waals surface area contributed by atoms with Crippen LogP contribution in [-0.4, -0.2) is 5.91 Å². The van der Waals surface area contributed by atoms with Crippen LogP contribution < -0.4 is 5.32 Å². The Balaban J connectivity index is 1.69. The van der Waals surface area contributed by atoms with Crippen LogP contribution in [0.5, 0.6) is 0 Å². The molecule has 3 rings (SSSR count). The van der Waals surface area contributed by atoms with E-state index in [0.717, 1.165) is 12.1 Å². The van der Waals surface area contributed by atoms with Crippen molar-refractivity contribution in [3.63, 3.8) is 0 Å². The number of nitrogens with one attached hydrogen (secondary N) is 1. The molecule has 2 aromatic carbocycles. The van der Waals surface area contributed by atoms with Crippen LogP contribution in [0.2, 0.25) is 0 Å². The van der Waals surface area contributed by atoms with Crippen LogP contribution in [0.1, 0.15) is 43.2 Å². The van der Waals surface area contributed by atoms with Crippen molar-refractivity contribution in [2.45, 2.75) is 32.1 Å². The van der Waals surface area contributed by atoms with E-state index in [-0.39, 0.29) is 11.8 Å². The molecule has 0 aromatic heterocycles. The van der Waals surface area contributed by atoms with Gasteiger partial charge in [-0.2, -0.15) is 0 Å². The van der Waals surface area contributed by atoms with Gasteiger partial charge in [0.2, 0.25) is 5.91 Å². The smallest absolute Gasteiger partial charge is 0.228 e. The summed E-state index contributed by atoms with van der Waals surface area (Å²) >= 11 is 0. The lowest BCUT2D eigenvalue weighted by atomic mass is 10.0. The summed E-state index contributed by atoms with van der Waals surface area (Å²) in [4.78, 5) is 12.4. The molecule has 1 aliphatic carbocycles. The zero-order chi connectivity index (χ0) is 14.8. The van der Waals surface area contributed by atoms with E-state index < -0.39 is 0 Å². The second kappa shape index (κ2) is 5.72. The molecule has 2 nitrogen and oxygen atoms in total. The van der Waals surface area contributed by atoms with Crippen molar-refractivity contribution >= 4 is 11.6 Å². The zero-order valence-corrected chi connectivity index (χ0v) is 12.5. The Morgan fingerprint density at radius 1 is 1.05 bits per heavy atom. The molecule has 0 spiro atoms. The second-order valence-electron chi connectivity index (χ2n) is 6.09. The summed E-state index contributed by atoms with van der Waals surface area (Å²) in [5, 5.41) is 3.11. The fourth-order valence-electron chi connectivity index (χ4n) is 2.89. The van der Waals surface area contributed by atoms with E-state index in [0.29, 0.717) is 11.8 Å². The van der Waals surface area contributed by atoms with Gasteiger partial charge in [0, 0.05) is 11.6 Å². The summed E-state index contributed by atoms with van der Waals surface area (Å²) in [7, 11) is 0. The van der Waals surface area contributed by atoms with Crippen molar-refractivity contribution in [3.8, 4) is 0 Å². The average molecular weight is 279 g/mol. The minimum Gasteiger partial charge on any atom is -0.326 e. The van der Waals surface area contributed by atoms with Crippen LogP contribution in [0.25, 0.3) is 0 Å². The Morgan fingerprint density at radius 2 is 1.71 bits per heavy atom. The molecule has 0 radical (unpaired) electrons. The molecule has 1 saturated carbocycles. The Hall–Kier alpha value is -2.09. The quantitative estimate of drug-likeness (QED) is 0.874. The van der Waals surface area contributed by atoms with Gasteiger partial charge >= 0.3 is 0 Å². The number of carbonyl (C=O) groups excluding carboxylic acids is 1. The molecule has 0 aliphatic heterocycles. The van der Waals surface area contributed by atoms with Gasteiger partial charge in [0.05, 0.1) is 0 Å². The summed E-state index contributed by atoms with van der Waals surface area (Å²) < 4.78 is 0. The molecular formula is C19H21NO. The fraction of sp³-hybridized carbons (Fsp3) is 0.316. The predicted octanol–water partition coefficient (Wildman–Crippen LogP) is 4.55. The first-order valence-electron chi connectivity index (χ1n) is 7.61. The van der Waals surface area contributed by atoms with Crippen LogP contribution in [0.4, 0.5) is 5.69 Å². The molecule has 1 fully saturated rings. The highest BCUT2D eigenvalue weighted by atomic mass is 16.2. The van der Waals surface area contributed by atoms with Crippen LogP contribution >= 0.6 is 0 Å². The molecular weight excluding hydrogens is 258 g/mol.